The van der Waals surface area contributed by atoms with Crippen LogP contribution in [0.1, 0.15) is 25.8 Å². The van der Waals surface area contributed by atoms with Crippen molar-refractivity contribution < 1.29 is 18.7 Å². The molecule has 0 bridgehead atoms. The number of fused-ring (bicyclic) bond motifs is 1. The highest BCUT2D eigenvalue weighted by Gasteiger charge is 2.10. The summed E-state index contributed by atoms with van der Waals surface area (Å²) >= 11 is 6.43. The molecule has 2 amide bonds. The van der Waals surface area contributed by atoms with Crippen molar-refractivity contribution in [2.24, 2.45) is 0 Å². The van der Waals surface area contributed by atoms with Gasteiger partial charge in [0.05, 0.1) is 10.5 Å². The number of benzene rings is 3. The number of aromatic nitrogens is 2. The van der Waals surface area contributed by atoms with Crippen LogP contribution in [-0.2, 0) is 16.2 Å². The van der Waals surface area contributed by atoms with E-state index in [1.165, 1.54) is 24.5 Å². The number of carbonyl (C=O) groups is 2. The van der Waals surface area contributed by atoms with E-state index in [0.717, 1.165) is 5.57 Å². The first-order valence-corrected chi connectivity index (χ1v) is 12.6. The second-order valence-electron chi connectivity index (χ2n) is 8.95. The molecule has 4 rings (SSSR count). The molecule has 10 heteroatoms. The van der Waals surface area contributed by atoms with Gasteiger partial charge in [-0.3, -0.25) is 9.59 Å². The molecule has 0 atom stereocenters. The zero-order chi connectivity index (χ0) is 27.8. The Morgan fingerprint density at radius 1 is 1.03 bits per heavy atom. The number of hydrogen-bond donors (Lipinski definition) is 3. The van der Waals surface area contributed by atoms with E-state index in [-0.39, 0.29) is 37.2 Å². The predicted octanol–water partition coefficient (Wildman–Crippen LogP) is 6.16. The van der Waals surface area contributed by atoms with Gasteiger partial charge in [0.2, 0.25) is 11.8 Å². The standard InChI is InChI=1S/C29H27ClFN5O3/c1-18(2)12-28(38)32-11-10-27(37)35-21-6-8-25-23(14-21)29(34-17-33-25)36-22-7-9-26(24(30)15-22)39-16-19-4-3-5-20(31)13-19/h3-9,12-15,17H,10-11,16H2,1-2H3,(H,32,38)(H,35,37)(H,33,34,36). The minimum absolute atomic E-state index is 0.128. The van der Waals surface area contributed by atoms with Crippen LogP contribution in [0, 0.1) is 5.82 Å². The van der Waals surface area contributed by atoms with Crippen molar-refractivity contribution in [3.8, 4) is 5.75 Å². The molecule has 8 nitrogen and oxygen atoms in total. The van der Waals surface area contributed by atoms with Gasteiger partial charge in [0.1, 0.15) is 30.3 Å². The molecule has 0 spiro atoms. The molecule has 0 fully saturated rings. The van der Waals surface area contributed by atoms with Gasteiger partial charge in [-0.1, -0.05) is 29.3 Å². The summed E-state index contributed by atoms with van der Waals surface area (Å²) in [5.74, 6) is 0.187. The Morgan fingerprint density at radius 3 is 2.62 bits per heavy atom. The van der Waals surface area contributed by atoms with E-state index in [1.807, 2.05) is 13.8 Å². The van der Waals surface area contributed by atoms with E-state index in [0.29, 0.717) is 44.4 Å². The summed E-state index contributed by atoms with van der Waals surface area (Å²) < 4.78 is 19.1. The third-order valence-electron chi connectivity index (χ3n) is 5.47. The van der Waals surface area contributed by atoms with Crippen molar-refractivity contribution in [3.63, 3.8) is 0 Å². The van der Waals surface area contributed by atoms with Crippen LogP contribution >= 0.6 is 11.6 Å². The highest BCUT2D eigenvalue weighted by atomic mass is 35.5. The molecule has 4 aromatic rings. The lowest BCUT2D eigenvalue weighted by Crippen LogP contribution is -2.26. The molecule has 0 saturated carbocycles. The van der Waals surface area contributed by atoms with Crippen molar-refractivity contribution in [2.75, 3.05) is 17.2 Å². The van der Waals surface area contributed by atoms with Gasteiger partial charge in [0, 0.05) is 35.8 Å². The lowest BCUT2D eigenvalue weighted by atomic mass is 10.2. The van der Waals surface area contributed by atoms with Crippen molar-refractivity contribution in [1.82, 2.24) is 15.3 Å². The number of halogens is 2. The van der Waals surface area contributed by atoms with Crippen LogP contribution in [-0.4, -0.2) is 28.3 Å². The second kappa shape index (κ2) is 12.8. The topological polar surface area (TPSA) is 105 Å². The van der Waals surface area contributed by atoms with Crippen molar-refractivity contribution in [1.29, 1.82) is 0 Å². The van der Waals surface area contributed by atoms with Gasteiger partial charge in [-0.15, -0.1) is 0 Å². The maximum atomic E-state index is 13.4. The Kier molecular flexibility index (Phi) is 9.06. The number of anilines is 3. The number of rotatable bonds is 10. The highest BCUT2D eigenvalue weighted by molar-refractivity contribution is 6.32. The Balaban J connectivity index is 1.41. The fourth-order valence-corrected chi connectivity index (χ4v) is 3.93. The van der Waals surface area contributed by atoms with Crippen LogP contribution in [0.5, 0.6) is 5.75 Å². The SMILES string of the molecule is CC(C)=CC(=O)NCCC(=O)Nc1ccc2ncnc(Nc3ccc(OCc4cccc(F)c4)c(Cl)c3)c2c1. The van der Waals surface area contributed by atoms with Crippen LogP contribution in [0.2, 0.25) is 5.02 Å². The molecule has 200 valence electrons. The first-order chi connectivity index (χ1) is 18.8. The Morgan fingerprint density at radius 2 is 1.85 bits per heavy atom. The van der Waals surface area contributed by atoms with E-state index >= 15 is 0 Å². The summed E-state index contributed by atoms with van der Waals surface area (Å²) in [6, 6.07) is 16.7. The fraction of sp³-hybridized carbons (Fsp3) is 0.172. The molecule has 0 aliphatic heterocycles. The minimum atomic E-state index is -0.329. The van der Waals surface area contributed by atoms with Gasteiger partial charge in [-0.25, -0.2) is 14.4 Å². The highest BCUT2D eigenvalue weighted by Crippen LogP contribution is 2.31. The maximum Gasteiger partial charge on any atom is 0.243 e. The third kappa shape index (κ3) is 7.99. The molecule has 1 aromatic heterocycles. The number of nitrogens with zero attached hydrogens (tertiary/aromatic N) is 2. The summed E-state index contributed by atoms with van der Waals surface area (Å²) in [5, 5.41) is 9.82. The zero-order valence-corrected chi connectivity index (χ0v) is 22.2. The van der Waals surface area contributed by atoms with E-state index < -0.39 is 0 Å². The normalized spacial score (nSPS) is 10.6. The molecule has 0 aliphatic rings. The minimum Gasteiger partial charge on any atom is -0.487 e. The smallest absolute Gasteiger partial charge is 0.243 e. The maximum absolute atomic E-state index is 13.4. The van der Waals surface area contributed by atoms with Crippen LogP contribution in [0.15, 0.2) is 78.6 Å². The molecule has 0 saturated heterocycles. The number of amides is 2. The molecular formula is C29H27ClFN5O3. The van der Waals surface area contributed by atoms with E-state index in [1.54, 1.807) is 48.5 Å². The Hall–Kier alpha value is -4.50. The van der Waals surface area contributed by atoms with E-state index in [9.17, 15) is 14.0 Å². The van der Waals surface area contributed by atoms with Gasteiger partial charge >= 0.3 is 0 Å². The molecule has 0 radical (unpaired) electrons. The Labute approximate surface area is 230 Å². The van der Waals surface area contributed by atoms with Crippen molar-refractivity contribution in [2.45, 2.75) is 26.9 Å². The van der Waals surface area contributed by atoms with Crippen LogP contribution in [0.4, 0.5) is 21.6 Å². The molecule has 1 heterocycles. The fourth-order valence-electron chi connectivity index (χ4n) is 3.69. The molecule has 0 unspecified atom stereocenters. The Bertz CT molecular complexity index is 1540. The molecule has 3 aromatic carbocycles. The quantitative estimate of drug-likeness (QED) is 0.205. The number of carbonyl (C=O) groups excluding carboxylic acids is 2. The molecule has 3 N–H and O–H groups in total. The average Bonchev–Trinajstić information content (AvgIpc) is 2.88. The molecule has 0 aliphatic carbocycles. The van der Waals surface area contributed by atoms with Gasteiger partial charge in [0.15, 0.2) is 0 Å². The van der Waals surface area contributed by atoms with Gasteiger partial charge in [-0.05, 0) is 67.9 Å². The number of ether oxygens (including phenoxy) is 1. The summed E-state index contributed by atoms with van der Waals surface area (Å²) in [4.78, 5) is 32.7. The lowest BCUT2D eigenvalue weighted by molar-refractivity contribution is -0.117. The first-order valence-electron chi connectivity index (χ1n) is 12.2. The lowest BCUT2D eigenvalue weighted by Gasteiger charge is -2.13. The van der Waals surface area contributed by atoms with Crippen LogP contribution in [0.25, 0.3) is 10.9 Å². The molecular weight excluding hydrogens is 521 g/mol. The van der Waals surface area contributed by atoms with Crippen molar-refractivity contribution >= 4 is 51.5 Å². The van der Waals surface area contributed by atoms with Gasteiger partial charge < -0.3 is 20.7 Å². The molecule has 39 heavy (non-hydrogen) atoms. The summed E-state index contributed by atoms with van der Waals surface area (Å²) in [5.41, 5.74) is 3.49. The second-order valence-corrected chi connectivity index (χ2v) is 9.36. The predicted molar refractivity (Wildman–Crippen MR) is 151 cm³/mol. The van der Waals surface area contributed by atoms with E-state index in [4.69, 9.17) is 16.3 Å². The third-order valence-corrected chi connectivity index (χ3v) is 5.76. The summed E-state index contributed by atoms with van der Waals surface area (Å²) in [6.07, 6.45) is 3.05. The average molecular weight is 548 g/mol. The zero-order valence-electron chi connectivity index (χ0n) is 21.4. The number of hydrogen-bond acceptors (Lipinski definition) is 6. The van der Waals surface area contributed by atoms with Crippen molar-refractivity contribution in [3.05, 3.63) is 95.0 Å². The van der Waals surface area contributed by atoms with Crippen LogP contribution in [0.3, 0.4) is 0 Å². The van der Waals surface area contributed by atoms with Gasteiger partial charge in [-0.2, -0.15) is 0 Å². The van der Waals surface area contributed by atoms with Crippen LogP contribution < -0.4 is 20.7 Å². The summed E-state index contributed by atoms with van der Waals surface area (Å²) in [7, 11) is 0. The largest absolute Gasteiger partial charge is 0.487 e. The van der Waals surface area contributed by atoms with Gasteiger partial charge in [0.25, 0.3) is 0 Å². The number of nitrogens with one attached hydrogen (secondary N) is 3. The van der Waals surface area contributed by atoms with E-state index in [2.05, 4.69) is 25.9 Å². The summed E-state index contributed by atoms with van der Waals surface area (Å²) in [6.45, 7) is 4.06. The first kappa shape index (κ1) is 27.5. The number of allylic oxidation sites excluding steroid dienone is 1. The monoisotopic (exact) mass is 547 g/mol.